The molecule has 36 heavy (non-hydrogen) atoms. The maximum Gasteiger partial charge on any atom is 0.258 e. The zero-order chi connectivity index (χ0) is 25.9. The van der Waals surface area contributed by atoms with E-state index in [4.69, 9.17) is 4.74 Å². The molecule has 8 nitrogen and oxygen atoms in total. The lowest BCUT2D eigenvalue weighted by Crippen LogP contribution is -2.48. The molecule has 0 aliphatic carbocycles. The van der Waals surface area contributed by atoms with Gasteiger partial charge in [-0.2, -0.15) is 0 Å². The van der Waals surface area contributed by atoms with Crippen LogP contribution in [0.4, 0.5) is 0 Å². The molecule has 0 saturated carbocycles. The van der Waals surface area contributed by atoms with Crippen LogP contribution < -0.4 is 4.74 Å². The Balaban J connectivity index is 1.59. The standard InChI is InChI=1S/C28H44N4O4/c1-29(26(33)16-21-32-19-10-11-20-32)17-9-7-14-24-28(35)30(2)18-8-4-12-22-36-25-15-6-5-13-23(25)27(34)31(24)3/h5-6,13,15,24H,4,7-12,14,16-22H2,1-3H3/t24-/m0/s1. The summed E-state index contributed by atoms with van der Waals surface area (Å²) in [7, 11) is 5.39. The number of carbonyl (C=O) groups excluding carboxylic acids is 3. The maximum absolute atomic E-state index is 13.4. The van der Waals surface area contributed by atoms with Crippen molar-refractivity contribution in [3.05, 3.63) is 29.8 Å². The lowest BCUT2D eigenvalue weighted by Gasteiger charge is -2.31. The van der Waals surface area contributed by atoms with E-state index in [-0.39, 0.29) is 17.7 Å². The van der Waals surface area contributed by atoms with Gasteiger partial charge in [-0.25, -0.2) is 0 Å². The van der Waals surface area contributed by atoms with E-state index in [1.807, 2.05) is 32.3 Å². The van der Waals surface area contributed by atoms with Gasteiger partial charge in [0.05, 0.1) is 12.2 Å². The number of hydrogen-bond acceptors (Lipinski definition) is 5. The highest BCUT2D eigenvalue weighted by Crippen LogP contribution is 2.23. The van der Waals surface area contributed by atoms with Gasteiger partial charge in [0.2, 0.25) is 11.8 Å². The zero-order valence-electron chi connectivity index (χ0n) is 22.4. The number of para-hydroxylation sites is 1. The van der Waals surface area contributed by atoms with Crippen molar-refractivity contribution in [2.45, 2.75) is 63.8 Å². The highest BCUT2D eigenvalue weighted by Gasteiger charge is 2.31. The number of carbonyl (C=O) groups is 3. The molecular formula is C28H44N4O4. The summed E-state index contributed by atoms with van der Waals surface area (Å²) >= 11 is 0. The highest BCUT2D eigenvalue weighted by molar-refractivity contribution is 5.99. The van der Waals surface area contributed by atoms with E-state index in [0.29, 0.717) is 43.9 Å². The van der Waals surface area contributed by atoms with Crippen molar-refractivity contribution < 1.29 is 19.1 Å². The molecule has 0 unspecified atom stereocenters. The summed E-state index contributed by atoms with van der Waals surface area (Å²) in [5.74, 6) is 0.509. The number of unbranched alkanes of at least 4 members (excludes halogenated alkanes) is 1. The second kappa shape index (κ2) is 14.2. The fraction of sp³-hybridized carbons (Fsp3) is 0.679. The Labute approximate surface area is 216 Å². The number of rotatable bonds is 8. The fourth-order valence-corrected chi connectivity index (χ4v) is 5.02. The molecule has 1 fully saturated rings. The molecule has 0 spiro atoms. The van der Waals surface area contributed by atoms with Crippen LogP contribution in [0.25, 0.3) is 0 Å². The molecule has 8 heteroatoms. The first-order chi connectivity index (χ1) is 17.4. The second-order valence-electron chi connectivity index (χ2n) is 10.2. The Bertz CT molecular complexity index is 871. The number of likely N-dealkylation sites (tertiary alicyclic amines) is 1. The highest BCUT2D eigenvalue weighted by atomic mass is 16.5. The van der Waals surface area contributed by atoms with Crippen molar-refractivity contribution in [1.82, 2.24) is 19.6 Å². The molecule has 1 aromatic carbocycles. The number of benzene rings is 1. The molecule has 0 N–H and O–H groups in total. The Morgan fingerprint density at radius 3 is 2.50 bits per heavy atom. The van der Waals surface area contributed by atoms with Crippen molar-refractivity contribution >= 4 is 17.7 Å². The van der Waals surface area contributed by atoms with Crippen LogP contribution in [0.5, 0.6) is 5.75 Å². The molecule has 1 aromatic rings. The van der Waals surface area contributed by atoms with E-state index in [0.717, 1.165) is 51.7 Å². The van der Waals surface area contributed by atoms with Crippen molar-refractivity contribution in [2.24, 2.45) is 0 Å². The molecule has 0 radical (unpaired) electrons. The molecule has 2 aliphatic rings. The fourth-order valence-electron chi connectivity index (χ4n) is 5.02. The topological polar surface area (TPSA) is 73.4 Å². The van der Waals surface area contributed by atoms with Crippen LogP contribution in [0.2, 0.25) is 0 Å². The average Bonchev–Trinajstić information content (AvgIpc) is 3.41. The van der Waals surface area contributed by atoms with Crippen LogP contribution in [0.3, 0.4) is 0 Å². The maximum atomic E-state index is 13.4. The number of likely N-dealkylation sites (N-methyl/N-ethyl adjacent to an activating group) is 2. The van der Waals surface area contributed by atoms with E-state index in [1.165, 1.54) is 12.8 Å². The molecule has 200 valence electrons. The van der Waals surface area contributed by atoms with Crippen LogP contribution in [0.1, 0.15) is 68.1 Å². The van der Waals surface area contributed by atoms with Crippen molar-refractivity contribution in [3.63, 3.8) is 0 Å². The summed E-state index contributed by atoms with van der Waals surface area (Å²) in [6.07, 6.45) is 7.88. The monoisotopic (exact) mass is 500 g/mol. The van der Waals surface area contributed by atoms with Gasteiger partial charge in [0.15, 0.2) is 0 Å². The van der Waals surface area contributed by atoms with Gasteiger partial charge in [-0.05, 0) is 76.6 Å². The van der Waals surface area contributed by atoms with Gasteiger partial charge in [0.25, 0.3) is 5.91 Å². The van der Waals surface area contributed by atoms with Gasteiger partial charge in [0.1, 0.15) is 11.8 Å². The molecule has 2 aliphatic heterocycles. The normalized spacial score (nSPS) is 20.2. The van der Waals surface area contributed by atoms with Crippen LogP contribution in [-0.4, -0.2) is 104 Å². The smallest absolute Gasteiger partial charge is 0.258 e. The second-order valence-corrected chi connectivity index (χ2v) is 10.2. The number of ether oxygens (including phenoxy) is 1. The Hall–Kier alpha value is -2.61. The number of fused-ring (bicyclic) bond motifs is 1. The number of nitrogens with zero attached hydrogens (tertiary/aromatic N) is 4. The minimum Gasteiger partial charge on any atom is -0.493 e. The molecule has 0 bridgehead atoms. The summed E-state index contributed by atoms with van der Waals surface area (Å²) < 4.78 is 5.92. The Morgan fingerprint density at radius 2 is 1.72 bits per heavy atom. The Morgan fingerprint density at radius 1 is 1.00 bits per heavy atom. The summed E-state index contributed by atoms with van der Waals surface area (Å²) in [5.41, 5.74) is 0.489. The molecule has 0 aromatic heterocycles. The zero-order valence-corrected chi connectivity index (χ0v) is 22.4. The SMILES string of the molecule is CN(CCCC[C@H]1C(=O)N(C)CCCCCOc2ccccc2C(=O)N1C)C(=O)CCN1CCCC1. The van der Waals surface area contributed by atoms with Crippen molar-refractivity contribution in [2.75, 3.05) is 60.5 Å². The van der Waals surface area contributed by atoms with Crippen LogP contribution in [-0.2, 0) is 9.59 Å². The summed E-state index contributed by atoms with van der Waals surface area (Å²) in [4.78, 5) is 46.8. The van der Waals surface area contributed by atoms with Gasteiger partial charge < -0.3 is 24.3 Å². The van der Waals surface area contributed by atoms with Crippen LogP contribution in [0.15, 0.2) is 24.3 Å². The number of hydrogen-bond donors (Lipinski definition) is 0. The first kappa shape index (κ1) is 28.0. The predicted molar refractivity (Wildman–Crippen MR) is 141 cm³/mol. The summed E-state index contributed by atoms with van der Waals surface area (Å²) in [5, 5.41) is 0. The first-order valence-corrected chi connectivity index (χ1v) is 13.6. The van der Waals surface area contributed by atoms with E-state index in [9.17, 15) is 14.4 Å². The average molecular weight is 501 g/mol. The Kier molecular flexibility index (Phi) is 11.0. The van der Waals surface area contributed by atoms with Gasteiger partial charge >= 0.3 is 0 Å². The van der Waals surface area contributed by atoms with Crippen LogP contribution in [0, 0.1) is 0 Å². The van der Waals surface area contributed by atoms with Gasteiger partial charge in [0, 0.05) is 47.2 Å². The van der Waals surface area contributed by atoms with E-state index >= 15 is 0 Å². The molecule has 2 heterocycles. The first-order valence-electron chi connectivity index (χ1n) is 13.6. The third-order valence-corrected chi connectivity index (χ3v) is 7.45. The number of amides is 3. The molecular weight excluding hydrogens is 456 g/mol. The van der Waals surface area contributed by atoms with Crippen molar-refractivity contribution in [3.8, 4) is 5.75 Å². The molecule has 3 amide bonds. The van der Waals surface area contributed by atoms with Gasteiger partial charge in [-0.1, -0.05) is 12.1 Å². The lowest BCUT2D eigenvalue weighted by molar-refractivity contribution is -0.135. The van der Waals surface area contributed by atoms with E-state index < -0.39 is 6.04 Å². The third kappa shape index (κ3) is 7.95. The van der Waals surface area contributed by atoms with E-state index in [1.54, 1.807) is 27.8 Å². The quantitative estimate of drug-likeness (QED) is 0.513. The molecule has 1 saturated heterocycles. The molecule has 3 rings (SSSR count). The third-order valence-electron chi connectivity index (χ3n) is 7.45. The van der Waals surface area contributed by atoms with E-state index in [2.05, 4.69) is 4.90 Å². The van der Waals surface area contributed by atoms with Crippen molar-refractivity contribution in [1.29, 1.82) is 0 Å². The predicted octanol–water partition coefficient (Wildman–Crippen LogP) is 3.26. The summed E-state index contributed by atoms with van der Waals surface area (Å²) in [6, 6.07) is 6.73. The summed E-state index contributed by atoms with van der Waals surface area (Å²) in [6.45, 7) is 4.92. The lowest BCUT2D eigenvalue weighted by atomic mass is 10.0. The minimum absolute atomic E-state index is 0.0291. The van der Waals surface area contributed by atoms with Gasteiger partial charge in [-0.15, -0.1) is 0 Å². The van der Waals surface area contributed by atoms with Gasteiger partial charge in [-0.3, -0.25) is 14.4 Å². The van der Waals surface area contributed by atoms with Crippen LogP contribution >= 0.6 is 0 Å². The molecule has 1 atom stereocenters. The minimum atomic E-state index is -0.549. The largest absolute Gasteiger partial charge is 0.493 e.